The van der Waals surface area contributed by atoms with E-state index in [9.17, 15) is 8.42 Å². The molecule has 0 aliphatic carbocycles. The minimum atomic E-state index is -3.37. The van der Waals surface area contributed by atoms with Crippen molar-refractivity contribution in [3.63, 3.8) is 0 Å². The third kappa shape index (κ3) is 3.68. The zero-order valence-electron chi connectivity index (χ0n) is 8.25. The number of hydrogen-bond acceptors (Lipinski definition) is 2. The molecule has 0 radical (unpaired) electrons. The molecule has 1 aromatic rings. The molecule has 0 N–H and O–H groups in total. The molecule has 0 saturated carbocycles. The Kier molecular flexibility index (Phi) is 3.56. The number of aryl methyl sites for hydroxylation is 3. The van der Waals surface area contributed by atoms with Crippen LogP contribution in [0.4, 0.5) is 0 Å². The van der Waals surface area contributed by atoms with Gasteiger partial charge in [-0.25, -0.2) is 8.42 Å². The Hall–Kier alpha value is -0.540. The maximum Gasteiger partial charge on any atom is 0.232 e. The summed E-state index contributed by atoms with van der Waals surface area (Å²) in [5.41, 5.74) is 3.40. The molecule has 1 aromatic carbocycles. The molecule has 0 atom stereocenters. The molecule has 14 heavy (non-hydrogen) atoms. The fourth-order valence-corrected chi connectivity index (χ4v) is 1.91. The highest BCUT2D eigenvalue weighted by atomic mass is 35.7. The Labute approximate surface area is 89.3 Å². The lowest BCUT2D eigenvalue weighted by atomic mass is 10.1. The van der Waals surface area contributed by atoms with Gasteiger partial charge < -0.3 is 0 Å². The van der Waals surface area contributed by atoms with Crippen molar-refractivity contribution in [2.24, 2.45) is 0 Å². The molecule has 1 rings (SSSR count). The van der Waals surface area contributed by atoms with Crippen molar-refractivity contribution in [1.82, 2.24) is 0 Å². The lowest BCUT2D eigenvalue weighted by Gasteiger charge is -2.03. The van der Waals surface area contributed by atoms with Gasteiger partial charge in [-0.1, -0.05) is 18.2 Å². The number of benzene rings is 1. The van der Waals surface area contributed by atoms with Crippen LogP contribution < -0.4 is 0 Å². The Balaban J connectivity index is 2.74. The summed E-state index contributed by atoms with van der Waals surface area (Å²) in [6, 6.07) is 5.92. The molecule has 0 aliphatic rings. The van der Waals surface area contributed by atoms with Crippen molar-refractivity contribution in [3.05, 3.63) is 34.9 Å². The van der Waals surface area contributed by atoms with E-state index >= 15 is 0 Å². The topological polar surface area (TPSA) is 34.1 Å². The molecule has 78 valence electrons. The standard InChI is InChI=1S/C10H13ClO2S/c1-8-3-4-10(7-9(8)2)5-6-14(11,12)13/h3-4,7H,5-6H2,1-2H3. The van der Waals surface area contributed by atoms with Crippen LogP contribution in [0.5, 0.6) is 0 Å². The van der Waals surface area contributed by atoms with Crippen LogP contribution in [-0.2, 0) is 15.5 Å². The molecule has 0 fully saturated rings. The first-order valence-corrected chi connectivity index (χ1v) is 6.85. The van der Waals surface area contributed by atoms with Crippen molar-refractivity contribution in [2.75, 3.05) is 5.75 Å². The summed E-state index contributed by atoms with van der Waals surface area (Å²) in [6.45, 7) is 4.03. The average molecular weight is 233 g/mol. The Morgan fingerprint density at radius 2 is 1.86 bits per heavy atom. The van der Waals surface area contributed by atoms with Gasteiger partial charge in [-0.05, 0) is 37.0 Å². The van der Waals surface area contributed by atoms with E-state index in [0.29, 0.717) is 6.42 Å². The lowest BCUT2D eigenvalue weighted by Crippen LogP contribution is -2.01. The van der Waals surface area contributed by atoms with Crippen LogP contribution in [0, 0.1) is 13.8 Å². The van der Waals surface area contributed by atoms with E-state index in [1.54, 1.807) is 0 Å². The maximum atomic E-state index is 10.7. The Morgan fingerprint density at radius 3 is 2.36 bits per heavy atom. The highest BCUT2D eigenvalue weighted by Crippen LogP contribution is 2.11. The van der Waals surface area contributed by atoms with Crippen LogP contribution in [0.2, 0.25) is 0 Å². The van der Waals surface area contributed by atoms with Gasteiger partial charge in [-0.2, -0.15) is 0 Å². The van der Waals surface area contributed by atoms with E-state index in [0.717, 1.165) is 5.56 Å². The van der Waals surface area contributed by atoms with Gasteiger partial charge in [0.25, 0.3) is 0 Å². The molecule has 0 spiro atoms. The van der Waals surface area contributed by atoms with Crippen molar-refractivity contribution in [3.8, 4) is 0 Å². The van der Waals surface area contributed by atoms with Gasteiger partial charge in [0.2, 0.25) is 9.05 Å². The summed E-state index contributed by atoms with van der Waals surface area (Å²) in [4.78, 5) is 0. The Morgan fingerprint density at radius 1 is 1.21 bits per heavy atom. The zero-order valence-corrected chi connectivity index (χ0v) is 9.82. The molecule has 0 aromatic heterocycles. The van der Waals surface area contributed by atoms with Crippen molar-refractivity contribution >= 4 is 19.7 Å². The van der Waals surface area contributed by atoms with Gasteiger partial charge in [0.1, 0.15) is 0 Å². The average Bonchev–Trinajstić information content (AvgIpc) is 2.06. The van der Waals surface area contributed by atoms with Gasteiger partial charge in [0, 0.05) is 10.7 Å². The molecule has 4 heteroatoms. The maximum absolute atomic E-state index is 10.7. The monoisotopic (exact) mass is 232 g/mol. The van der Waals surface area contributed by atoms with Gasteiger partial charge in [0.05, 0.1) is 5.75 Å². The number of rotatable bonds is 3. The molecule has 0 heterocycles. The minimum absolute atomic E-state index is 0.00292. The normalized spacial score (nSPS) is 11.6. The van der Waals surface area contributed by atoms with Gasteiger partial charge in [-0.3, -0.25) is 0 Å². The third-order valence-electron chi connectivity index (χ3n) is 2.21. The fourth-order valence-electron chi connectivity index (χ4n) is 1.20. The predicted octanol–water partition coefficient (Wildman–Crippen LogP) is 2.41. The quantitative estimate of drug-likeness (QED) is 0.751. The van der Waals surface area contributed by atoms with Gasteiger partial charge in [0.15, 0.2) is 0 Å². The second-order valence-corrected chi connectivity index (χ2v) is 6.31. The number of halogens is 1. The molecular weight excluding hydrogens is 220 g/mol. The molecule has 0 bridgehead atoms. The first-order chi connectivity index (χ1) is 6.38. The minimum Gasteiger partial charge on any atom is -0.212 e. The second-order valence-electron chi connectivity index (χ2n) is 3.41. The molecule has 0 saturated heterocycles. The largest absolute Gasteiger partial charge is 0.232 e. The smallest absolute Gasteiger partial charge is 0.212 e. The highest BCUT2D eigenvalue weighted by Gasteiger charge is 2.05. The molecule has 0 aliphatic heterocycles. The van der Waals surface area contributed by atoms with Crippen LogP contribution in [0.15, 0.2) is 18.2 Å². The highest BCUT2D eigenvalue weighted by molar-refractivity contribution is 8.13. The van der Waals surface area contributed by atoms with Crippen LogP contribution in [0.25, 0.3) is 0 Å². The fraction of sp³-hybridized carbons (Fsp3) is 0.400. The number of hydrogen-bond donors (Lipinski definition) is 0. The molecular formula is C10H13ClO2S. The van der Waals surface area contributed by atoms with Crippen LogP contribution >= 0.6 is 10.7 Å². The summed E-state index contributed by atoms with van der Waals surface area (Å²) < 4.78 is 21.4. The summed E-state index contributed by atoms with van der Waals surface area (Å²) >= 11 is 0. The SMILES string of the molecule is Cc1ccc(CCS(=O)(=O)Cl)cc1C. The zero-order chi connectivity index (χ0) is 10.8. The lowest BCUT2D eigenvalue weighted by molar-refractivity contribution is 0.609. The first kappa shape index (κ1) is 11.5. The Bertz CT molecular complexity index is 424. The third-order valence-corrected chi connectivity index (χ3v) is 3.36. The summed E-state index contributed by atoms with van der Waals surface area (Å²) in [7, 11) is 1.75. The van der Waals surface area contributed by atoms with Crippen molar-refractivity contribution < 1.29 is 8.42 Å². The van der Waals surface area contributed by atoms with Gasteiger partial charge >= 0.3 is 0 Å². The van der Waals surface area contributed by atoms with E-state index in [2.05, 4.69) is 0 Å². The second kappa shape index (κ2) is 4.32. The van der Waals surface area contributed by atoms with Crippen LogP contribution in [0.3, 0.4) is 0 Å². The molecule has 0 amide bonds. The van der Waals surface area contributed by atoms with E-state index in [1.807, 2.05) is 32.0 Å². The summed E-state index contributed by atoms with van der Waals surface area (Å²) in [6.07, 6.45) is 0.479. The van der Waals surface area contributed by atoms with Crippen LogP contribution in [-0.4, -0.2) is 14.2 Å². The first-order valence-electron chi connectivity index (χ1n) is 4.37. The van der Waals surface area contributed by atoms with E-state index in [-0.39, 0.29) is 5.75 Å². The molecule has 2 nitrogen and oxygen atoms in total. The summed E-state index contributed by atoms with van der Waals surface area (Å²) in [5, 5.41) is 0. The van der Waals surface area contributed by atoms with E-state index in [4.69, 9.17) is 10.7 Å². The van der Waals surface area contributed by atoms with E-state index < -0.39 is 9.05 Å². The van der Waals surface area contributed by atoms with Crippen molar-refractivity contribution in [2.45, 2.75) is 20.3 Å². The van der Waals surface area contributed by atoms with Crippen molar-refractivity contribution in [1.29, 1.82) is 0 Å². The van der Waals surface area contributed by atoms with Gasteiger partial charge in [-0.15, -0.1) is 0 Å². The predicted molar refractivity (Wildman–Crippen MR) is 59.3 cm³/mol. The summed E-state index contributed by atoms with van der Waals surface area (Å²) in [5.74, 6) is -0.00292. The van der Waals surface area contributed by atoms with Crippen LogP contribution in [0.1, 0.15) is 16.7 Å². The van der Waals surface area contributed by atoms with E-state index in [1.165, 1.54) is 11.1 Å². The molecule has 0 unspecified atom stereocenters.